The maximum atomic E-state index is 6.30. The van der Waals surface area contributed by atoms with Crippen LogP contribution < -0.4 is 10.6 Å². The SMILES string of the molecule is CCOC(C)(C)[C@]1(CCNC(=NC)NC)CCN(C(C)(C)c2ccc(C)nc2)C1. The molecule has 2 heterocycles. The van der Waals surface area contributed by atoms with Crippen molar-refractivity contribution >= 4 is 5.96 Å². The monoisotopic (exact) mass is 403 g/mol. The number of ether oxygens (including phenoxy) is 1. The van der Waals surface area contributed by atoms with E-state index < -0.39 is 0 Å². The average molecular weight is 404 g/mol. The van der Waals surface area contributed by atoms with Gasteiger partial charge in [0.15, 0.2) is 5.96 Å². The fourth-order valence-electron chi connectivity index (χ4n) is 4.57. The van der Waals surface area contributed by atoms with E-state index in [9.17, 15) is 0 Å². The van der Waals surface area contributed by atoms with Crippen LogP contribution in [0.5, 0.6) is 0 Å². The summed E-state index contributed by atoms with van der Waals surface area (Å²) in [6.45, 7) is 16.9. The van der Waals surface area contributed by atoms with E-state index in [-0.39, 0.29) is 16.6 Å². The Bertz CT molecular complexity index is 683. The van der Waals surface area contributed by atoms with Crippen molar-refractivity contribution in [3.05, 3.63) is 29.6 Å². The lowest BCUT2D eigenvalue weighted by molar-refractivity contribution is -0.109. The molecule has 1 saturated heterocycles. The van der Waals surface area contributed by atoms with Gasteiger partial charge in [-0.05, 0) is 72.6 Å². The van der Waals surface area contributed by atoms with Crippen molar-refractivity contribution in [1.29, 1.82) is 0 Å². The summed E-state index contributed by atoms with van der Waals surface area (Å²) in [7, 11) is 3.69. The zero-order chi connectivity index (χ0) is 21.7. The highest BCUT2D eigenvalue weighted by Gasteiger charge is 2.52. The van der Waals surface area contributed by atoms with Crippen LogP contribution in [0.4, 0.5) is 0 Å². The van der Waals surface area contributed by atoms with Crippen LogP contribution in [-0.4, -0.2) is 61.8 Å². The van der Waals surface area contributed by atoms with E-state index in [1.165, 1.54) is 5.56 Å². The van der Waals surface area contributed by atoms with Crippen LogP contribution in [0.1, 0.15) is 58.7 Å². The summed E-state index contributed by atoms with van der Waals surface area (Å²) >= 11 is 0. The standard InChI is InChI=1S/C23H41N5O/c1-9-29-22(5,6)23(12-14-26-20(24-7)25-8)13-15-28(17-23)21(3,4)19-11-10-18(2)27-16-19/h10-11,16H,9,12-15,17H2,1-8H3,(H2,24,25,26)/t23-/m1/s1. The number of hydrogen-bond acceptors (Lipinski definition) is 4. The van der Waals surface area contributed by atoms with Gasteiger partial charge in [-0.2, -0.15) is 0 Å². The molecule has 1 fully saturated rings. The molecule has 0 bridgehead atoms. The first kappa shape index (κ1) is 23.6. The first-order valence-electron chi connectivity index (χ1n) is 10.8. The van der Waals surface area contributed by atoms with Crippen LogP contribution in [0.3, 0.4) is 0 Å². The molecule has 0 radical (unpaired) electrons. The van der Waals surface area contributed by atoms with Gasteiger partial charge in [0.1, 0.15) is 0 Å². The quantitative estimate of drug-likeness (QED) is 0.515. The molecule has 0 spiro atoms. The molecule has 1 aliphatic heterocycles. The number of nitrogens with one attached hydrogen (secondary N) is 2. The van der Waals surface area contributed by atoms with Gasteiger partial charge in [0.25, 0.3) is 0 Å². The van der Waals surface area contributed by atoms with E-state index in [1.54, 1.807) is 7.05 Å². The maximum Gasteiger partial charge on any atom is 0.190 e. The molecular formula is C23H41N5O. The highest BCUT2D eigenvalue weighted by Crippen LogP contribution is 2.48. The second-order valence-corrected chi connectivity index (χ2v) is 9.14. The zero-order valence-corrected chi connectivity index (χ0v) is 19.7. The first-order valence-corrected chi connectivity index (χ1v) is 10.8. The molecular weight excluding hydrogens is 362 g/mol. The summed E-state index contributed by atoms with van der Waals surface area (Å²) < 4.78 is 6.30. The lowest BCUT2D eigenvalue weighted by atomic mass is 9.70. The average Bonchev–Trinajstić information content (AvgIpc) is 3.13. The predicted molar refractivity (Wildman–Crippen MR) is 121 cm³/mol. The van der Waals surface area contributed by atoms with E-state index in [0.29, 0.717) is 0 Å². The van der Waals surface area contributed by atoms with Gasteiger partial charge in [0.05, 0.1) is 5.60 Å². The Morgan fingerprint density at radius 3 is 2.59 bits per heavy atom. The molecule has 2 rings (SSSR count). The van der Waals surface area contributed by atoms with Gasteiger partial charge in [-0.1, -0.05) is 6.07 Å². The lowest BCUT2D eigenvalue weighted by Gasteiger charge is -2.46. The van der Waals surface area contributed by atoms with Crippen LogP contribution in [0.2, 0.25) is 0 Å². The Morgan fingerprint density at radius 1 is 1.31 bits per heavy atom. The Hall–Kier alpha value is -1.66. The molecule has 1 aliphatic rings. The third-order valence-electron chi connectivity index (χ3n) is 6.90. The number of hydrogen-bond donors (Lipinski definition) is 2. The summed E-state index contributed by atoms with van der Waals surface area (Å²) in [5.41, 5.74) is 2.11. The van der Waals surface area contributed by atoms with Gasteiger partial charge < -0.3 is 15.4 Å². The van der Waals surface area contributed by atoms with Gasteiger partial charge in [-0.25, -0.2) is 0 Å². The predicted octanol–water partition coefficient (Wildman–Crippen LogP) is 3.32. The molecule has 0 saturated carbocycles. The molecule has 6 nitrogen and oxygen atoms in total. The van der Waals surface area contributed by atoms with Crippen molar-refractivity contribution in [2.45, 2.75) is 65.5 Å². The van der Waals surface area contributed by atoms with Crippen LogP contribution in [0.15, 0.2) is 23.3 Å². The van der Waals surface area contributed by atoms with Gasteiger partial charge in [0, 0.05) is 56.6 Å². The second-order valence-electron chi connectivity index (χ2n) is 9.14. The van der Waals surface area contributed by atoms with Crippen molar-refractivity contribution in [2.75, 3.05) is 40.3 Å². The number of aliphatic imine (C=N–C) groups is 1. The molecule has 1 aromatic heterocycles. The van der Waals surface area contributed by atoms with Crippen molar-refractivity contribution in [3.63, 3.8) is 0 Å². The Morgan fingerprint density at radius 2 is 2.03 bits per heavy atom. The van der Waals surface area contributed by atoms with E-state index >= 15 is 0 Å². The Balaban J connectivity index is 2.23. The minimum absolute atomic E-state index is 0.0675. The summed E-state index contributed by atoms with van der Waals surface area (Å²) in [4.78, 5) is 11.4. The van der Waals surface area contributed by atoms with Crippen molar-refractivity contribution < 1.29 is 4.74 Å². The topological polar surface area (TPSA) is 61.8 Å². The normalized spacial score (nSPS) is 21.4. The number of rotatable bonds is 8. The highest BCUT2D eigenvalue weighted by molar-refractivity contribution is 5.79. The third kappa shape index (κ3) is 5.10. The molecule has 0 amide bonds. The van der Waals surface area contributed by atoms with Gasteiger partial charge in [-0.15, -0.1) is 0 Å². The van der Waals surface area contributed by atoms with E-state index in [1.807, 2.05) is 20.2 Å². The third-order valence-corrected chi connectivity index (χ3v) is 6.90. The number of pyridine rings is 1. The minimum Gasteiger partial charge on any atom is -0.375 e. The Labute approximate surface area is 177 Å². The fourth-order valence-corrected chi connectivity index (χ4v) is 4.57. The van der Waals surface area contributed by atoms with Crippen LogP contribution in [-0.2, 0) is 10.3 Å². The first-order chi connectivity index (χ1) is 13.6. The Kier molecular flexibility index (Phi) is 7.68. The molecule has 6 heteroatoms. The van der Waals surface area contributed by atoms with Gasteiger partial charge in [0.2, 0.25) is 0 Å². The number of aryl methyl sites for hydroxylation is 1. The van der Waals surface area contributed by atoms with Crippen molar-refractivity contribution in [2.24, 2.45) is 10.4 Å². The molecule has 1 aromatic rings. The van der Waals surface area contributed by atoms with Crippen LogP contribution >= 0.6 is 0 Å². The molecule has 0 unspecified atom stereocenters. The van der Waals surface area contributed by atoms with Crippen LogP contribution in [0.25, 0.3) is 0 Å². The number of guanidine groups is 1. The van der Waals surface area contributed by atoms with Crippen LogP contribution in [0, 0.1) is 12.3 Å². The fraction of sp³-hybridized carbons (Fsp3) is 0.739. The molecule has 29 heavy (non-hydrogen) atoms. The molecule has 2 N–H and O–H groups in total. The van der Waals surface area contributed by atoms with Crippen molar-refractivity contribution in [1.82, 2.24) is 20.5 Å². The smallest absolute Gasteiger partial charge is 0.190 e. The molecule has 0 aliphatic carbocycles. The van der Waals surface area contributed by atoms with Gasteiger partial charge in [-0.3, -0.25) is 14.9 Å². The lowest BCUT2D eigenvalue weighted by Crippen LogP contribution is -2.51. The van der Waals surface area contributed by atoms with E-state index in [0.717, 1.165) is 50.7 Å². The summed E-state index contributed by atoms with van der Waals surface area (Å²) in [5.74, 6) is 0.829. The number of likely N-dealkylation sites (tertiary alicyclic amines) is 1. The van der Waals surface area contributed by atoms with Gasteiger partial charge >= 0.3 is 0 Å². The van der Waals surface area contributed by atoms with Crippen molar-refractivity contribution in [3.8, 4) is 0 Å². The zero-order valence-electron chi connectivity index (χ0n) is 19.7. The maximum absolute atomic E-state index is 6.30. The summed E-state index contributed by atoms with van der Waals surface area (Å²) in [6, 6.07) is 4.33. The minimum atomic E-state index is -0.205. The second kappa shape index (κ2) is 9.43. The highest BCUT2D eigenvalue weighted by atomic mass is 16.5. The number of nitrogens with zero attached hydrogens (tertiary/aromatic N) is 3. The summed E-state index contributed by atoms with van der Waals surface area (Å²) in [6.07, 6.45) is 4.17. The summed E-state index contributed by atoms with van der Waals surface area (Å²) in [5, 5.41) is 6.53. The molecule has 164 valence electrons. The van der Waals surface area contributed by atoms with E-state index in [4.69, 9.17) is 4.74 Å². The van der Waals surface area contributed by atoms with E-state index in [2.05, 4.69) is 72.3 Å². The largest absolute Gasteiger partial charge is 0.375 e. The molecule has 1 atom stereocenters. The number of aromatic nitrogens is 1. The molecule has 0 aromatic carbocycles.